The number of amides is 2. The number of para-hydroxylation sites is 1. The first-order valence-corrected chi connectivity index (χ1v) is 9.80. The Kier molecular flexibility index (Phi) is 7.29. The molecule has 0 aromatic heterocycles. The molecule has 1 aliphatic rings. The third kappa shape index (κ3) is 6.52. The molecule has 8 heteroatoms. The molecule has 1 saturated heterocycles. The topological polar surface area (TPSA) is 105 Å². The number of likely N-dealkylation sites (tertiary alicyclic amines) is 1. The Bertz CT molecular complexity index is 904. The molecule has 2 N–H and O–H groups in total. The van der Waals surface area contributed by atoms with Crippen LogP contribution in [0.25, 0.3) is 6.08 Å². The summed E-state index contributed by atoms with van der Waals surface area (Å²) in [7, 11) is 0. The Morgan fingerprint density at radius 1 is 1.07 bits per heavy atom. The van der Waals surface area contributed by atoms with Crippen LogP contribution < -0.4 is 10.6 Å². The minimum atomic E-state index is -0.460. The lowest BCUT2D eigenvalue weighted by Gasteiger charge is -2.31. The molecule has 0 atom stereocenters. The Morgan fingerprint density at radius 3 is 2.37 bits per heavy atom. The molecule has 0 saturated carbocycles. The van der Waals surface area contributed by atoms with Gasteiger partial charge in [0.25, 0.3) is 5.69 Å². The van der Waals surface area contributed by atoms with Crippen molar-refractivity contribution in [3.8, 4) is 0 Å². The molecule has 156 valence electrons. The summed E-state index contributed by atoms with van der Waals surface area (Å²) in [5.41, 5.74) is 1.51. The molecular formula is C22H24N4O4. The Labute approximate surface area is 174 Å². The number of nitro benzene ring substituents is 1. The molecule has 30 heavy (non-hydrogen) atoms. The Hall–Kier alpha value is -3.52. The molecule has 0 spiro atoms. The number of non-ortho nitro benzene ring substituents is 1. The monoisotopic (exact) mass is 408 g/mol. The lowest BCUT2D eigenvalue weighted by molar-refractivity contribution is -0.384. The van der Waals surface area contributed by atoms with Crippen LogP contribution in [-0.2, 0) is 9.59 Å². The molecule has 1 heterocycles. The fourth-order valence-electron chi connectivity index (χ4n) is 3.29. The standard InChI is InChI=1S/C22H24N4O4/c27-21(11-8-17-6-9-20(10-7-17)26(29)30)23-19-12-14-25(15-13-19)16-22(28)24-18-4-2-1-3-5-18/h1-11,19H,12-16H2,(H,23,27)(H,24,28)/b11-8+. The minimum Gasteiger partial charge on any atom is -0.350 e. The summed E-state index contributed by atoms with van der Waals surface area (Å²) in [6, 6.07) is 15.4. The molecule has 2 aromatic carbocycles. The summed E-state index contributed by atoms with van der Waals surface area (Å²) in [5.74, 6) is -0.247. The van der Waals surface area contributed by atoms with Crippen LogP contribution in [0.2, 0.25) is 0 Å². The molecule has 8 nitrogen and oxygen atoms in total. The summed E-state index contributed by atoms with van der Waals surface area (Å²) in [6.07, 6.45) is 4.61. The number of nitrogens with zero attached hydrogens (tertiary/aromatic N) is 2. The van der Waals surface area contributed by atoms with Crippen molar-refractivity contribution in [3.63, 3.8) is 0 Å². The van der Waals surface area contributed by atoms with Gasteiger partial charge in [0.2, 0.25) is 11.8 Å². The average molecular weight is 408 g/mol. The van der Waals surface area contributed by atoms with Crippen molar-refractivity contribution in [3.05, 3.63) is 76.4 Å². The molecule has 3 rings (SSSR count). The maximum Gasteiger partial charge on any atom is 0.269 e. The van der Waals surface area contributed by atoms with Gasteiger partial charge in [-0.15, -0.1) is 0 Å². The molecule has 0 bridgehead atoms. The largest absolute Gasteiger partial charge is 0.350 e. The maximum atomic E-state index is 12.1. The predicted octanol–water partition coefficient (Wildman–Crippen LogP) is 2.83. The van der Waals surface area contributed by atoms with Crippen LogP contribution in [-0.4, -0.2) is 47.3 Å². The van der Waals surface area contributed by atoms with E-state index in [9.17, 15) is 19.7 Å². The first-order valence-electron chi connectivity index (χ1n) is 9.80. The zero-order valence-electron chi connectivity index (χ0n) is 16.5. The number of carbonyl (C=O) groups is 2. The van der Waals surface area contributed by atoms with E-state index in [1.54, 1.807) is 18.2 Å². The second-order valence-electron chi connectivity index (χ2n) is 7.16. The number of piperidine rings is 1. The number of anilines is 1. The molecule has 0 unspecified atom stereocenters. The van der Waals surface area contributed by atoms with Gasteiger partial charge in [-0.2, -0.15) is 0 Å². The van der Waals surface area contributed by atoms with Gasteiger partial charge in [-0.25, -0.2) is 0 Å². The van der Waals surface area contributed by atoms with Gasteiger partial charge in [-0.05, 0) is 48.7 Å². The first-order chi connectivity index (χ1) is 14.5. The van der Waals surface area contributed by atoms with Crippen LogP contribution in [0, 0.1) is 10.1 Å². The quantitative estimate of drug-likeness (QED) is 0.416. The second-order valence-corrected chi connectivity index (χ2v) is 7.16. The summed E-state index contributed by atoms with van der Waals surface area (Å²) >= 11 is 0. The van der Waals surface area contributed by atoms with Crippen LogP contribution in [0.4, 0.5) is 11.4 Å². The highest BCUT2D eigenvalue weighted by atomic mass is 16.6. The van der Waals surface area contributed by atoms with Crippen LogP contribution in [0.15, 0.2) is 60.7 Å². The van der Waals surface area contributed by atoms with Crippen molar-refractivity contribution in [2.75, 3.05) is 25.0 Å². The number of rotatable bonds is 7. The average Bonchev–Trinajstić information content (AvgIpc) is 2.74. The van der Waals surface area contributed by atoms with Gasteiger partial charge in [0.05, 0.1) is 11.5 Å². The van der Waals surface area contributed by atoms with Crippen molar-refractivity contribution in [2.45, 2.75) is 18.9 Å². The zero-order chi connectivity index (χ0) is 21.3. The molecule has 1 aliphatic heterocycles. The van der Waals surface area contributed by atoms with E-state index < -0.39 is 4.92 Å². The van der Waals surface area contributed by atoms with Gasteiger partial charge in [0.15, 0.2) is 0 Å². The number of hydrogen-bond donors (Lipinski definition) is 2. The van der Waals surface area contributed by atoms with Gasteiger partial charge < -0.3 is 10.6 Å². The Morgan fingerprint density at radius 2 is 1.73 bits per heavy atom. The molecule has 0 aliphatic carbocycles. The SMILES string of the molecule is O=C(/C=C/c1ccc([N+](=O)[O-])cc1)NC1CCN(CC(=O)Nc2ccccc2)CC1. The third-order valence-electron chi connectivity index (χ3n) is 4.89. The van der Waals surface area contributed by atoms with Crippen molar-refractivity contribution >= 4 is 29.3 Å². The van der Waals surface area contributed by atoms with Gasteiger partial charge in [0, 0.05) is 43.0 Å². The van der Waals surface area contributed by atoms with Crippen LogP contribution >= 0.6 is 0 Å². The fourth-order valence-corrected chi connectivity index (χ4v) is 3.29. The minimum absolute atomic E-state index is 0.0146. The molecule has 2 amide bonds. The van der Waals surface area contributed by atoms with Crippen LogP contribution in [0.5, 0.6) is 0 Å². The summed E-state index contributed by atoms with van der Waals surface area (Å²) < 4.78 is 0. The number of hydrogen-bond acceptors (Lipinski definition) is 5. The van der Waals surface area contributed by atoms with Crippen LogP contribution in [0.1, 0.15) is 18.4 Å². The Balaban J connectivity index is 1.39. The smallest absolute Gasteiger partial charge is 0.269 e. The normalized spacial score (nSPS) is 15.1. The number of nitrogens with one attached hydrogen (secondary N) is 2. The van der Waals surface area contributed by atoms with Gasteiger partial charge in [0.1, 0.15) is 0 Å². The maximum absolute atomic E-state index is 12.1. The van der Waals surface area contributed by atoms with E-state index in [4.69, 9.17) is 0 Å². The zero-order valence-corrected chi connectivity index (χ0v) is 16.5. The number of nitro groups is 1. The third-order valence-corrected chi connectivity index (χ3v) is 4.89. The summed E-state index contributed by atoms with van der Waals surface area (Å²) in [5, 5.41) is 16.5. The van der Waals surface area contributed by atoms with E-state index in [2.05, 4.69) is 15.5 Å². The molecular weight excluding hydrogens is 384 g/mol. The fraction of sp³-hybridized carbons (Fsp3) is 0.273. The predicted molar refractivity (Wildman–Crippen MR) is 115 cm³/mol. The summed E-state index contributed by atoms with van der Waals surface area (Å²) in [4.78, 5) is 36.6. The van der Waals surface area contributed by atoms with Crippen LogP contribution in [0.3, 0.4) is 0 Å². The highest BCUT2D eigenvalue weighted by Crippen LogP contribution is 2.14. The summed E-state index contributed by atoms with van der Waals surface area (Å²) in [6.45, 7) is 1.80. The van der Waals surface area contributed by atoms with E-state index >= 15 is 0 Å². The van der Waals surface area contributed by atoms with Crippen molar-refractivity contribution < 1.29 is 14.5 Å². The van der Waals surface area contributed by atoms with Gasteiger partial charge in [-0.1, -0.05) is 18.2 Å². The first kappa shape index (κ1) is 21.2. The lowest BCUT2D eigenvalue weighted by atomic mass is 10.0. The van der Waals surface area contributed by atoms with E-state index in [1.165, 1.54) is 18.2 Å². The van der Waals surface area contributed by atoms with E-state index in [0.717, 1.165) is 37.2 Å². The highest BCUT2D eigenvalue weighted by Gasteiger charge is 2.21. The van der Waals surface area contributed by atoms with E-state index in [0.29, 0.717) is 6.54 Å². The molecule has 1 fully saturated rings. The van der Waals surface area contributed by atoms with Gasteiger partial charge >= 0.3 is 0 Å². The second kappa shape index (κ2) is 10.3. The van der Waals surface area contributed by atoms with Crippen molar-refractivity contribution in [1.82, 2.24) is 10.2 Å². The highest BCUT2D eigenvalue weighted by molar-refractivity contribution is 5.92. The lowest BCUT2D eigenvalue weighted by Crippen LogP contribution is -2.46. The van der Waals surface area contributed by atoms with Gasteiger partial charge in [-0.3, -0.25) is 24.6 Å². The number of benzene rings is 2. The van der Waals surface area contributed by atoms with E-state index in [-0.39, 0.29) is 23.5 Å². The number of carbonyl (C=O) groups excluding carboxylic acids is 2. The van der Waals surface area contributed by atoms with Crippen molar-refractivity contribution in [2.24, 2.45) is 0 Å². The molecule has 0 radical (unpaired) electrons. The van der Waals surface area contributed by atoms with E-state index in [1.807, 2.05) is 30.3 Å². The van der Waals surface area contributed by atoms with Crippen molar-refractivity contribution in [1.29, 1.82) is 0 Å². The molecule has 2 aromatic rings.